The van der Waals surface area contributed by atoms with Crippen LogP contribution >= 0.6 is 0 Å². The Morgan fingerprint density at radius 3 is 2.52 bits per heavy atom. The molecule has 0 aromatic rings. The molecule has 1 atom stereocenters. The van der Waals surface area contributed by atoms with Gasteiger partial charge in [0.2, 0.25) is 11.8 Å². The summed E-state index contributed by atoms with van der Waals surface area (Å²) in [5.41, 5.74) is 7.02. The summed E-state index contributed by atoms with van der Waals surface area (Å²) in [4.78, 5) is 49.7. The summed E-state index contributed by atoms with van der Waals surface area (Å²) >= 11 is 0. The molecule has 5 N–H and O–H groups in total. The van der Waals surface area contributed by atoms with Gasteiger partial charge < -0.3 is 21.1 Å². The van der Waals surface area contributed by atoms with Gasteiger partial charge in [-0.25, -0.2) is 19.9 Å². The number of nitro groups is 1. The highest BCUT2D eigenvalue weighted by molar-refractivity contribution is 5.97. The maximum atomic E-state index is 12.4. The molecule has 0 saturated heterocycles. The molecule has 0 heterocycles. The van der Waals surface area contributed by atoms with Gasteiger partial charge in [0.15, 0.2) is 5.03 Å². The van der Waals surface area contributed by atoms with Crippen molar-refractivity contribution in [2.45, 2.75) is 46.1 Å². The Morgan fingerprint density at radius 2 is 1.93 bits per heavy atom. The average Bonchev–Trinajstić information content (AvgIpc) is 2.61. The second kappa shape index (κ2) is 14.8. The van der Waals surface area contributed by atoms with Crippen LogP contribution in [0.5, 0.6) is 0 Å². The van der Waals surface area contributed by atoms with Gasteiger partial charge in [0, 0.05) is 25.2 Å². The van der Waals surface area contributed by atoms with Gasteiger partial charge in [-0.15, -0.1) is 0 Å². The third kappa shape index (κ3) is 14.5. The SMILES string of the molecule is CCOC(=O)/C=C/C(=O)N[C@@H](CCCN=C(N)N[N+](=O)[O-])C(=O)NCCC(C)C. The van der Waals surface area contributed by atoms with E-state index in [1.54, 1.807) is 12.3 Å². The lowest BCUT2D eigenvalue weighted by Crippen LogP contribution is -2.46. The molecule has 12 nitrogen and oxygen atoms in total. The fraction of sp³-hybridized carbons (Fsp3) is 0.647. The van der Waals surface area contributed by atoms with Crippen LogP contribution in [0.1, 0.15) is 40.0 Å². The number of esters is 1. The number of carbonyl (C=O) groups is 3. The Bertz CT molecular complexity index is 620. The van der Waals surface area contributed by atoms with Gasteiger partial charge >= 0.3 is 5.97 Å². The summed E-state index contributed by atoms with van der Waals surface area (Å²) in [6.07, 6.45) is 3.30. The number of amides is 2. The smallest absolute Gasteiger partial charge is 0.330 e. The number of aliphatic imine (C=N–C) groups is 1. The minimum Gasteiger partial charge on any atom is -0.463 e. The summed E-state index contributed by atoms with van der Waals surface area (Å²) in [5, 5.41) is 14.7. The van der Waals surface area contributed by atoms with Gasteiger partial charge in [0.05, 0.1) is 6.61 Å². The van der Waals surface area contributed by atoms with Gasteiger partial charge in [0.25, 0.3) is 5.96 Å². The molecule has 0 aliphatic carbocycles. The zero-order valence-corrected chi connectivity index (χ0v) is 17.0. The molecule has 0 fully saturated rings. The van der Waals surface area contributed by atoms with Crippen LogP contribution in [-0.4, -0.2) is 54.5 Å². The molecule has 0 aliphatic rings. The van der Waals surface area contributed by atoms with Crippen molar-refractivity contribution in [1.82, 2.24) is 16.1 Å². The number of hydrogen-bond acceptors (Lipinski definition) is 7. The van der Waals surface area contributed by atoms with Crippen LogP contribution in [0.3, 0.4) is 0 Å². The fourth-order valence-corrected chi connectivity index (χ4v) is 2.05. The van der Waals surface area contributed by atoms with E-state index in [9.17, 15) is 24.5 Å². The number of guanidine groups is 1. The van der Waals surface area contributed by atoms with Crippen molar-refractivity contribution in [2.24, 2.45) is 16.6 Å². The molecule has 164 valence electrons. The van der Waals surface area contributed by atoms with E-state index in [1.807, 2.05) is 13.8 Å². The van der Waals surface area contributed by atoms with Gasteiger partial charge in [-0.05, 0) is 32.1 Å². The van der Waals surface area contributed by atoms with E-state index in [4.69, 9.17) is 5.73 Å². The van der Waals surface area contributed by atoms with Crippen LogP contribution < -0.4 is 21.8 Å². The summed E-state index contributed by atoms with van der Waals surface area (Å²) < 4.78 is 4.68. The van der Waals surface area contributed by atoms with Crippen LogP contribution in [-0.2, 0) is 19.1 Å². The molecule has 0 rings (SSSR count). The van der Waals surface area contributed by atoms with E-state index in [2.05, 4.69) is 20.4 Å². The monoisotopic (exact) mass is 414 g/mol. The van der Waals surface area contributed by atoms with E-state index in [-0.39, 0.29) is 31.4 Å². The van der Waals surface area contributed by atoms with E-state index >= 15 is 0 Å². The molecule has 0 aromatic heterocycles. The number of carbonyl (C=O) groups excluding carboxylic acids is 3. The third-order valence-electron chi connectivity index (χ3n) is 3.45. The first-order valence-corrected chi connectivity index (χ1v) is 9.29. The van der Waals surface area contributed by atoms with Crippen LogP contribution in [0.4, 0.5) is 0 Å². The molecule has 0 saturated carbocycles. The maximum absolute atomic E-state index is 12.4. The van der Waals surface area contributed by atoms with Crippen molar-refractivity contribution in [1.29, 1.82) is 0 Å². The van der Waals surface area contributed by atoms with Gasteiger partial charge in [-0.1, -0.05) is 19.3 Å². The molecule has 2 amide bonds. The first kappa shape index (κ1) is 25.8. The standard InChI is InChI=1S/C17H30N6O6/c1-4-29-15(25)8-7-14(24)21-13(16(26)19-11-9-12(2)3)6-5-10-20-17(18)22-23(27)28/h7-8,12-13H,4-6,9-11H2,1-3H3,(H,19,26)(H,21,24)(H3,18,20,22)/b8-7+/t13-/m0/s1. The lowest BCUT2D eigenvalue weighted by atomic mass is 10.1. The Hall–Kier alpha value is -3.18. The second-order valence-electron chi connectivity index (χ2n) is 6.40. The second-order valence-corrected chi connectivity index (χ2v) is 6.40. The van der Waals surface area contributed by atoms with E-state index in [1.165, 1.54) is 0 Å². The molecule has 12 heteroatoms. The minimum atomic E-state index is -0.860. The number of rotatable bonds is 13. The quantitative estimate of drug-likeness (QED) is 0.0599. The van der Waals surface area contributed by atoms with Gasteiger partial charge in [0.1, 0.15) is 6.04 Å². The highest BCUT2D eigenvalue weighted by Gasteiger charge is 2.19. The van der Waals surface area contributed by atoms with Gasteiger partial charge in [-0.2, -0.15) is 0 Å². The minimum absolute atomic E-state index is 0.122. The molecule has 0 unspecified atom stereocenters. The Labute approximate surface area is 169 Å². The number of nitrogens with two attached hydrogens (primary N) is 1. The lowest BCUT2D eigenvalue weighted by molar-refractivity contribution is -0.525. The molecule has 0 spiro atoms. The van der Waals surface area contributed by atoms with Crippen molar-refractivity contribution in [2.75, 3.05) is 19.7 Å². The van der Waals surface area contributed by atoms with Gasteiger partial charge in [-0.3, -0.25) is 9.59 Å². The molecule has 0 aliphatic heterocycles. The van der Waals surface area contributed by atoms with Crippen LogP contribution in [0.15, 0.2) is 17.1 Å². The highest BCUT2D eigenvalue weighted by Crippen LogP contribution is 2.01. The first-order chi connectivity index (χ1) is 13.6. The average molecular weight is 414 g/mol. The summed E-state index contributed by atoms with van der Waals surface area (Å²) in [7, 11) is 0. The van der Waals surface area contributed by atoms with E-state index < -0.39 is 23.0 Å². The number of nitrogens with zero attached hydrogens (tertiary/aromatic N) is 2. The van der Waals surface area contributed by atoms with E-state index in [0.717, 1.165) is 18.6 Å². The molecular formula is C17H30N6O6. The normalized spacial score (nSPS) is 12.5. The predicted molar refractivity (Wildman–Crippen MR) is 106 cm³/mol. The van der Waals surface area contributed by atoms with Crippen molar-refractivity contribution in [3.05, 3.63) is 22.3 Å². The topological polar surface area (TPSA) is 178 Å². The molecule has 0 bridgehead atoms. The Balaban J connectivity index is 4.78. The van der Waals surface area contributed by atoms with Crippen molar-refractivity contribution in [3.63, 3.8) is 0 Å². The van der Waals surface area contributed by atoms with Crippen molar-refractivity contribution < 1.29 is 24.2 Å². The summed E-state index contributed by atoms with van der Waals surface area (Å²) in [5.74, 6) is -1.61. The van der Waals surface area contributed by atoms with Crippen LogP contribution in [0, 0.1) is 16.0 Å². The number of ether oxygens (including phenoxy) is 1. The maximum Gasteiger partial charge on any atom is 0.330 e. The van der Waals surface area contributed by atoms with Crippen molar-refractivity contribution >= 4 is 23.7 Å². The molecule has 0 radical (unpaired) electrons. The summed E-state index contributed by atoms with van der Waals surface area (Å²) in [6.45, 7) is 6.44. The molecule has 0 aromatic carbocycles. The molecular weight excluding hydrogens is 384 g/mol. The molecule has 29 heavy (non-hydrogen) atoms. The van der Waals surface area contributed by atoms with Crippen LogP contribution in [0.25, 0.3) is 0 Å². The van der Waals surface area contributed by atoms with Crippen molar-refractivity contribution in [3.8, 4) is 0 Å². The number of hydrogen-bond donors (Lipinski definition) is 4. The third-order valence-corrected chi connectivity index (χ3v) is 3.45. The largest absolute Gasteiger partial charge is 0.463 e. The van der Waals surface area contributed by atoms with E-state index in [0.29, 0.717) is 18.9 Å². The highest BCUT2D eigenvalue weighted by atomic mass is 16.7. The van der Waals surface area contributed by atoms with Crippen LogP contribution in [0.2, 0.25) is 0 Å². The number of hydrazine groups is 1. The zero-order valence-electron chi connectivity index (χ0n) is 17.0. The lowest BCUT2D eigenvalue weighted by Gasteiger charge is -2.18. The Morgan fingerprint density at radius 1 is 1.24 bits per heavy atom. The predicted octanol–water partition coefficient (Wildman–Crippen LogP) is -0.371. The number of nitrogens with one attached hydrogen (secondary N) is 3. The zero-order chi connectivity index (χ0) is 22.2. The first-order valence-electron chi connectivity index (χ1n) is 9.29. The fourth-order valence-electron chi connectivity index (χ4n) is 2.05. The summed E-state index contributed by atoms with van der Waals surface area (Å²) in [6, 6.07) is -0.860. The Kier molecular flexibility index (Phi) is 13.2.